The van der Waals surface area contributed by atoms with Crippen LogP contribution in [0.4, 0.5) is 4.39 Å². The van der Waals surface area contributed by atoms with Crippen molar-refractivity contribution >= 4 is 21.6 Å². The number of fused-ring (bicyclic) bond motifs is 1. The Morgan fingerprint density at radius 2 is 1.85 bits per heavy atom. The molecule has 1 saturated heterocycles. The number of phenolic OH excluding ortho intramolecular Hbond substituents is 1. The van der Waals surface area contributed by atoms with E-state index in [0.29, 0.717) is 23.5 Å². The van der Waals surface area contributed by atoms with Crippen molar-refractivity contribution in [2.45, 2.75) is 51.2 Å². The van der Waals surface area contributed by atoms with Crippen molar-refractivity contribution in [1.29, 1.82) is 0 Å². The molecule has 0 bridgehead atoms. The number of piperidine rings is 1. The third kappa shape index (κ3) is 3.33. The van der Waals surface area contributed by atoms with Gasteiger partial charge in [-0.15, -0.1) is 11.3 Å². The van der Waals surface area contributed by atoms with E-state index in [9.17, 15) is 9.50 Å². The number of aromatic nitrogens is 1. The number of phenols is 1. The molecule has 2 atom stereocenters. The van der Waals surface area contributed by atoms with Crippen molar-refractivity contribution in [3.63, 3.8) is 0 Å². The molecule has 2 aromatic carbocycles. The van der Waals surface area contributed by atoms with E-state index in [2.05, 4.69) is 48.0 Å². The van der Waals surface area contributed by atoms with Gasteiger partial charge in [-0.3, -0.25) is 4.90 Å². The largest absolute Gasteiger partial charge is 0.508 e. The summed E-state index contributed by atoms with van der Waals surface area (Å²) in [7, 11) is 0. The van der Waals surface area contributed by atoms with E-state index in [1.165, 1.54) is 16.9 Å². The van der Waals surface area contributed by atoms with Crippen LogP contribution in [0.5, 0.6) is 5.75 Å². The van der Waals surface area contributed by atoms with Crippen molar-refractivity contribution in [3.05, 3.63) is 58.9 Å². The monoisotopic (exact) mass is 370 g/mol. The lowest BCUT2D eigenvalue weighted by Gasteiger charge is -2.42. The zero-order valence-corrected chi connectivity index (χ0v) is 15.8. The van der Waals surface area contributed by atoms with Crippen molar-refractivity contribution in [3.8, 4) is 5.75 Å². The van der Waals surface area contributed by atoms with Gasteiger partial charge >= 0.3 is 0 Å². The van der Waals surface area contributed by atoms with Gasteiger partial charge in [0.2, 0.25) is 0 Å². The van der Waals surface area contributed by atoms with E-state index in [4.69, 9.17) is 0 Å². The van der Waals surface area contributed by atoms with Crippen LogP contribution < -0.4 is 0 Å². The van der Waals surface area contributed by atoms with Crippen LogP contribution in [0.25, 0.3) is 10.2 Å². The Hall–Kier alpha value is -1.98. The van der Waals surface area contributed by atoms with Crippen LogP contribution >= 0.6 is 11.3 Å². The van der Waals surface area contributed by atoms with E-state index in [1.807, 2.05) is 6.07 Å². The average molecular weight is 370 g/mol. The topological polar surface area (TPSA) is 36.4 Å². The molecule has 1 aliphatic heterocycles. The van der Waals surface area contributed by atoms with Gasteiger partial charge in [0.05, 0.1) is 9.71 Å². The summed E-state index contributed by atoms with van der Waals surface area (Å²) in [6, 6.07) is 14.2. The summed E-state index contributed by atoms with van der Waals surface area (Å²) < 4.78 is 14.8. The van der Waals surface area contributed by atoms with Crippen molar-refractivity contribution < 1.29 is 9.50 Å². The second-order valence-corrected chi connectivity index (χ2v) is 8.41. The molecule has 1 aliphatic rings. The Bertz CT molecular complexity index is 899. The summed E-state index contributed by atoms with van der Waals surface area (Å²) in [5.74, 6) is -0.138. The highest BCUT2D eigenvalue weighted by Crippen LogP contribution is 2.40. The first-order chi connectivity index (χ1) is 12.5. The number of hydrogen-bond donors (Lipinski definition) is 1. The molecule has 3 nitrogen and oxygen atoms in total. The first-order valence-electron chi connectivity index (χ1n) is 9.10. The molecule has 3 aromatic rings. The van der Waals surface area contributed by atoms with E-state index in [-0.39, 0.29) is 5.75 Å². The highest BCUT2D eigenvalue weighted by atomic mass is 32.1. The summed E-state index contributed by atoms with van der Waals surface area (Å²) in [6.45, 7) is 5.49. The predicted molar refractivity (Wildman–Crippen MR) is 104 cm³/mol. The number of nitrogens with zero attached hydrogens (tertiary/aromatic N) is 2. The molecule has 26 heavy (non-hydrogen) atoms. The highest BCUT2D eigenvalue weighted by Gasteiger charge is 2.33. The zero-order chi connectivity index (χ0) is 18.3. The molecule has 1 aromatic heterocycles. The smallest absolute Gasteiger partial charge is 0.153 e. The van der Waals surface area contributed by atoms with Crippen molar-refractivity contribution in [2.75, 3.05) is 0 Å². The minimum Gasteiger partial charge on any atom is -0.508 e. The molecule has 0 saturated carbocycles. The molecule has 4 rings (SSSR count). The third-order valence-corrected chi connectivity index (χ3v) is 6.56. The van der Waals surface area contributed by atoms with Gasteiger partial charge in [-0.25, -0.2) is 9.37 Å². The number of likely N-dealkylation sites (tertiary alicyclic amines) is 1. The molecule has 136 valence electrons. The number of hydrogen-bond acceptors (Lipinski definition) is 4. The fourth-order valence-electron chi connectivity index (χ4n) is 4.10. The Morgan fingerprint density at radius 3 is 2.54 bits per heavy atom. The van der Waals surface area contributed by atoms with Crippen LogP contribution in [0, 0.1) is 5.82 Å². The van der Waals surface area contributed by atoms with Crippen LogP contribution in [-0.4, -0.2) is 27.1 Å². The van der Waals surface area contributed by atoms with Crippen LogP contribution in [0.1, 0.15) is 43.2 Å². The summed E-state index contributed by atoms with van der Waals surface area (Å²) in [5, 5.41) is 10.6. The minimum absolute atomic E-state index is 0.0374. The quantitative estimate of drug-likeness (QED) is 0.680. The van der Waals surface area contributed by atoms with Crippen LogP contribution in [-0.2, 0) is 6.54 Å². The summed E-state index contributed by atoms with van der Waals surface area (Å²) in [5.41, 5.74) is 1.72. The second-order valence-electron chi connectivity index (χ2n) is 7.35. The molecular weight excluding hydrogens is 347 g/mol. The van der Waals surface area contributed by atoms with E-state index in [0.717, 1.165) is 35.2 Å². The number of aromatic hydroxyl groups is 1. The minimum atomic E-state index is -0.440. The van der Waals surface area contributed by atoms with E-state index in [1.54, 1.807) is 6.07 Å². The third-order valence-electron chi connectivity index (χ3n) is 5.39. The van der Waals surface area contributed by atoms with Crippen molar-refractivity contribution in [1.82, 2.24) is 9.88 Å². The molecule has 1 N–H and O–H groups in total. The lowest BCUT2D eigenvalue weighted by atomic mass is 9.87. The maximum atomic E-state index is 14.1. The van der Waals surface area contributed by atoms with Gasteiger partial charge < -0.3 is 5.11 Å². The van der Waals surface area contributed by atoms with Gasteiger partial charge in [-0.2, -0.15) is 0 Å². The Balaban J connectivity index is 1.55. The maximum absolute atomic E-state index is 14.1. The number of halogens is 1. The molecule has 2 unspecified atom stereocenters. The van der Waals surface area contributed by atoms with Gasteiger partial charge in [-0.05, 0) is 38.3 Å². The second kappa shape index (κ2) is 6.97. The van der Waals surface area contributed by atoms with Gasteiger partial charge in [0.1, 0.15) is 11.3 Å². The molecule has 2 heterocycles. The standard InChI is InChI=1S/C21H23FN2OS/c1-13-8-16(9-14(2)24(13)12-15-6-4-3-5-7-15)21-23-20-18(22)10-17(25)11-19(20)26-21/h3-7,10-11,13-14,16,25H,8-9,12H2,1-2H3. The van der Waals surface area contributed by atoms with Gasteiger partial charge in [0.15, 0.2) is 5.82 Å². The SMILES string of the molecule is CC1CC(c2nc3c(F)cc(O)cc3s2)CC(C)N1Cc1ccccc1. The first-order valence-corrected chi connectivity index (χ1v) is 9.91. The molecule has 0 amide bonds. The van der Waals surface area contributed by atoms with E-state index >= 15 is 0 Å². The molecule has 0 spiro atoms. The highest BCUT2D eigenvalue weighted by molar-refractivity contribution is 7.18. The van der Waals surface area contributed by atoms with Crippen LogP contribution in [0.3, 0.4) is 0 Å². The van der Waals surface area contributed by atoms with Gasteiger partial charge in [-0.1, -0.05) is 30.3 Å². The Kier molecular flexibility index (Phi) is 4.67. The maximum Gasteiger partial charge on any atom is 0.153 e. The van der Waals surface area contributed by atoms with Crippen LogP contribution in [0.15, 0.2) is 42.5 Å². The molecule has 0 aliphatic carbocycles. The van der Waals surface area contributed by atoms with Gasteiger partial charge in [0.25, 0.3) is 0 Å². The normalized spacial score (nSPS) is 24.2. The fourth-order valence-corrected chi connectivity index (χ4v) is 5.24. The number of benzene rings is 2. The Morgan fingerprint density at radius 1 is 1.15 bits per heavy atom. The summed E-state index contributed by atoms with van der Waals surface area (Å²) in [4.78, 5) is 7.12. The number of thiazole rings is 1. The lowest BCUT2D eigenvalue weighted by Crippen LogP contribution is -2.45. The fraction of sp³-hybridized carbons (Fsp3) is 0.381. The first kappa shape index (κ1) is 17.4. The molecular formula is C21H23FN2OS. The summed E-state index contributed by atoms with van der Waals surface area (Å²) >= 11 is 1.51. The number of rotatable bonds is 3. The molecule has 0 radical (unpaired) electrons. The van der Waals surface area contributed by atoms with Crippen LogP contribution in [0.2, 0.25) is 0 Å². The summed E-state index contributed by atoms with van der Waals surface area (Å²) in [6.07, 6.45) is 2.04. The predicted octanol–water partition coefficient (Wildman–Crippen LogP) is 5.30. The van der Waals surface area contributed by atoms with Crippen molar-refractivity contribution in [2.24, 2.45) is 0 Å². The zero-order valence-electron chi connectivity index (χ0n) is 15.0. The molecule has 1 fully saturated rings. The lowest BCUT2D eigenvalue weighted by molar-refractivity contribution is 0.0829. The van der Waals surface area contributed by atoms with E-state index < -0.39 is 5.82 Å². The van der Waals surface area contributed by atoms with Gasteiger partial charge in [0, 0.05) is 30.6 Å². The molecule has 5 heteroatoms. The average Bonchev–Trinajstić information content (AvgIpc) is 3.03. The Labute approximate surface area is 157 Å².